The van der Waals surface area contributed by atoms with Crippen molar-refractivity contribution in [1.82, 2.24) is 15.5 Å². The number of esters is 1. The Morgan fingerprint density at radius 3 is 3.04 bits per heavy atom. The third kappa shape index (κ3) is 4.58. The number of nitrogens with zero attached hydrogens (tertiary/aromatic N) is 1. The molecule has 0 radical (unpaired) electrons. The van der Waals surface area contributed by atoms with Crippen LogP contribution >= 0.6 is 12.4 Å². The summed E-state index contributed by atoms with van der Waals surface area (Å²) in [5.74, 6) is -0.180. The number of carbonyl (C=O) groups excluding carboxylic acids is 1. The number of halogens is 2. The molecule has 0 atom stereocenters. The van der Waals surface area contributed by atoms with Gasteiger partial charge < -0.3 is 19.6 Å². The lowest BCUT2D eigenvalue weighted by Gasteiger charge is -2.02. The minimum Gasteiger partial charge on any atom is -0.461 e. The molecule has 2 N–H and O–H groups in total. The van der Waals surface area contributed by atoms with E-state index >= 15 is 0 Å². The third-order valence-corrected chi connectivity index (χ3v) is 3.64. The lowest BCUT2D eigenvalue weighted by atomic mass is 10.1. The highest BCUT2D eigenvalue weighted by Crippen LogP contribution is 2.19. The quantitative estimate of drug-likeness (QED) is 0.495. The summed E-state index contributed by atoms with van der Waals surface area (Å²) in [6.45, 7) is 3.16. The van der Waals surface area contributed by atoms with Gasteiger partial charge >= 0.3 is 5.97 Å². The van der Waals surface area contributed by atoms with Crippen LogP contribution in [0.25, 0.3) is 10.9 Å². The second-order valence-corrected chi connectivity index (χ2v) is 5.33. The number of ether oxygens (including phenoxy) is 1. The van der Waals surface area contributed by atoms with Gasteiger partial charge in [-0.05, 0) is 43.7 Å². The molecule has 2 aromatic heterocycles. The average molecular weight is 368 g/mol. The summed E-state index contributed by atoms with van der Waals surface area (Å²) in [5.41, 5.74) is 2.13. The topological polar surface area (TPSA) is 80.1 Å². The molecule has 0 unspecified atom stereocenters. The monoisotopic (exact) mass is 367 g/mol. The summed E-state index contributed by atoms with van der Waals surface area (Å²) < 4.78 is 23.3. The van der Waals surface area contributed by atoms with Crippen molar-refractivity contribution in [2.45, 2.75) is 19.9 Å². The number of nitrogens with one attached hydrogen (secondary N) is 2. The zero-order valence-electron chi connectivity index (χ0n) is 13.7. The van der Waals surface area contributed by atoms with E-state index in [0.717, 1.165) is 22.9 Å². The Bertz CT molecular complexity index is 847. The summed E-state index contributed by atoms with van der Waals surface area (Å²) >= 11 is 0. The van der Waals surface area contributed by atoms with Crippen LogP contribution in [0.2, 0.25) is 0 Å². The van der Waals surface area contributed by atoms with Gasteiger partial charge in [-0.25, -0.2) is 9.18 Å². The van der Waals surface area contributed by atoms with Crippen LogP contribution in [0.3, 0.4) is 0 Å². The van der Waals surface area contributed by atoms with Gasteiger partial charge in [0.05, 0.1) is 13.2 Å². The van der Waals surface area contributed by atoms with Crippen molar-refractivity contribution in [3.8, 4) is 0 Å². The third-order valence-electron chi connectivity index (χ3n) is 3.64. The smallest absolute Gasteiger partial charge is 0.360 e. The van der Waals surface area contributed by atoms with Crippen LogP contribution in [0.5, 0.6) is 0 Å². The molecule has 8 heteroatoms. The maximum Gasteiger partial charge on any atom is 0.360 e. The van der Waals surface area contributed by atoms with Crippen LogP contribution in [0.15, 0.2) is 35.0 Å². The number of carbonyl (C=O) groups is 1. The molecule has 0 bridgehead atoms. The van der Waals surface area contributed by atoms with Crippen molar-refractivity contribution < 1.29 is 18.4 Å². The first-order valence-corrected chi connectivity index (χ1v) is 7.76. The highest BCUT2D eigenvalue weighted by molar-refractivity contribution is 5.87. The summed E-state index contributed by atoms with van der Waals surface area (Å²) in [6, 6.07) is 6.26. The fourth-order valence-electron chi connectivity index (χ4n) is 2.49. The molecule has 0 fully saturated rings. The fraction of sp³-hybridized carbons (Fsp3) is 0.294. The first kappa shape index (κ1) is 19.0. The van der Waals surface area contributed by atoms with Gasteiger partial charge in [0.2, 0.25) is 0 Å². The SMILES string of the molecule is CCOC(=O)c1cc(CNCCc2c[nH]c3ccc(F)cc23)on1.Cl. The zero-order chi connectivity index (χ0) is 16.9. The van der Waals surface area contributed by atoms with E-state index < -0.39 is 5.97 Å². The Labute approximate surface area is 150 Å². The number of aromatic nitrogens is 2. The van der Waals surface area contributed by atoms with Gasteiger partial charge in [0.25, 0.3) is 0 Å². The van der Waals surface area contributed by atoms with Crippen LogP contribution in [0.1, 0.15) is 28.7 Å². The molecule has 0 aliphatic rings. The Morgan fingerprint density at radius 2 is 2.24 bits per heavy atom. The molecule has 0 amide bonds. The number of hydrogen-bond donors (Lipinski definition) is 2. The Morgan fingerprint density at radius 1 is 1.40 bits per heavy atom. The largest absolute Gasteiger partial charge is 0.461 e. The van der Waals surface area contributed by atoms with E-state index in [1.165, 1.54) is 12.1 Å². The van der Waals surface area contributed by atoms with Crippen molar-refractivity contribution >= 4 is 29.3 Å². The van der Waals surface area contributed by atoms with Gasteiger partial charge in [0.1, 0.15) is 5.82 Å². The van der Waals surface area contributed by atoms with E-state index in [9.17, 15) is 9.18 Å². The number of hydrogen-bond acceptors (Lipinski definition) is 5. The molecule has 134 valence electrons. The van der Waals surface area contributed by atoms with Crippen LogP contribution < -0.4 is 5.32 Å². The standard InChI is InChI=1S/C17H18FN3O3.ClH/c1-2-23-17(22)16-8-13(24-21-16)10-19-6-5-11-9-20-15-4-3-12(18)7-14(11)15;/h3-4,7-9,19-20H,2,5-6,10H2,1H3;1H. The van der Waals surface area contributed by atoms with E-state index in [0.29, 0.717) is 25.5 Å². The van der Waals surface area contributed by atoms with Gasteiger partial charge in [-0.15, -0.1) is 12.4 Å². The Hall–Kier alpha value is -2.38. The predicted molar refractivity (Wildman–Crippen MR) is 93.4 cm³/mol. The van der Waals surface area contributed by atoms with Crippen LogP contribution in [-0.4, -0.2) is 29.3 Å². The summed E-state index contributed by atoms with van der Waals surface area (Å²) in [6.07, 6.45) is 2.63. The average Bonchev–Trinajstić information content (AvgIpc) is 3.19. The van der Waals surface area contributed by atoms with Gasteiger partial charge in [0, 0.05) is 23.2 Å². The van der Waals surface area contributed by atoms with E-state index in [1.807, 2.05) is 6.20 Å². The van der Waals surface area contributed by atoms with E-state index in [2.05, 4.69) is 15.5 Å². The molecule has 3 rings (SSSR count). The molecule has 25 heavy (non-hydrogen) atoms. The number of rotatable bonds is 7. The van der Waals surface area contributed by atoms with Crippen molar-refractivity contribution in [3.63, 3.8) is 0 Å². The van der Waals surface area contributed by atoms with Crippen molar-refractivity contribution in [2.24, 2.45) is 0 Å². The second-order valence-electron chi connectivity index (χ2n) is 5.33. The summed E-state index contributed by atoms with van der Waals surface area (Å²) in [7, 11) is 0. The molecule has 6 nitrogen and oxygen atoms in total. The maximum atomic E-state index is 13.3. The lowest BCUT2D eigenvalue weighted by molar-refractivity contribution is 0.0514. The molecule has 0 saturated carbocycles. The van der Waals surface area contributed by atoms with Crippen LogP contribution in [-0.2, 0) is 17.7 Å². The number of H-pyrrole nitrogens is 1. The van der Waals surface area contributed by atoms with Gasteiger partial charge in [0.15, 0.2) is 11.5 Å². The molecule has 3 aromatic rings. The molecular weight excluding hydrogens is 349 g/mol. The van der Waals surface area contributed by atoms with Gasteiger partial charge in [-0.2, -0.15) is 0 Å². The molecule has 0 aliphatic carbocycles. The van der Waals surface area contributed by atoms with Crippen molar-refractivity contribution in [2.75, 3.05) is 13.2 Å². The molecule has 0 spiro atoms. The molecular formula is C17H19ClFN3O3. The fourth-order valence-corrected chi connectivity index (χ4v) is 2.49. The highest BCUT2D eigenvalue weighted by Gasteiger charge is 2.13. The second kappa shape index (κ2) is 8.64. The van der Waals surface area contributed by atoms with Crippen LogP contribution in [0.4, 0.5) is 4.39 Å². The zero-order valence-corrected chi connectivity index (χ0v) is 14.5. The maximum absolute atomic E-state index is 13.3. The molecule has 2 heterocycles. The first-order valence-electron chi connectivity index (χ1n) is 7.76. The predicted octanol–water partition coefficient (Wildman–Crippen LogP) is 3.23. The summed E-state index contributed by atoms with van der Waals surface area (Å²) in [4.78, 5) is 14.6. The number of aromatic amines is 1. The molecule has 0 aliphatic heterocycles. The molecule has 0 saturated heterocycles. The van der Waals surface area contributed by atoms with Gasteiger partial charge in [-0.3, -0.25) is 0 Å². The first-order chi connectivity index (χ1) is 11.7. The molecule has 1 aromatic carbocycles. The lowest BCUT2D eigenvalue weighted by Crippen LogP contribution is -2.16. The minimum absolute atomic E-state index is 0. The van der Waals surface area contributed by atoms with Crippen molar-refractivity contribution in [1.29, 1.82) is 0 Å². The Kier molecular flexibility index (Phi) is 6.55. The summed E-state index contributed by atoms with van der Waals surface area (Å²) in [5, 5.41) is 7.78. The highest BCUT2D eigenvalue weighted by atomic mass is 35.5. The van der Waals surface area contributed by atoms with Crippen LogP contribution in [0, 0.1) is 5.82 Å². The van der Waals surface area contributed by atoms with E-state index in [-0.39, 0.29) is 23.9 Å². The van der Waals surface area contributed by atoms with E-state index in [4.69, 9.17) is 9.26 Å². The number of fused-ring (bicyclic) bond motifs is 1. The van der Waals surface area contributed by atoms with E-state index in [1.54, 1.807) is 19.1 Å². The van der Waals surface area contributed by atoms with Gasteiger partial charge in [-0.1, -0.05) is 5.16 Å². The minimum atomic E-state index is -0.492. The Balaban J connectivity index is 0.00000225. The normalized spacial score (nSPS) is 10.6. The number of benzene rings is 1. The van der Waals surface area contributed by atoms with Crippen molar-refractivity contribution in [3.05, 3.63) is 53.3 Å².